The molecule has 0 radical (unpaired) electrons. The molecule has 2 saturated heterocycles. The third-order valence-corrected chi connectivity index (χ3v) is 6.25. The highest BCUT2D eigenvalue weighted by Crippen LogP contribution is 2.67. The number of benzene rings is 1. The Hall–Kier alpha value is -1.39. The fourth-order valence-electron chi connectivity index (χ4n) is 5.63. The van der Waals surface area contributed by atoms with E-state index in [0.29, 0.717) is 5.92 Å². The molecule has 1 aromatic rings. The molecule has 2 heterocycles. The Balaban J connectivity index is 1.66. The Morgan fingerprint density at radius 2 is 2.19 bits per heavy atom. The van der Waals surface area contributed by atoms with Crippen LogP contribution in [-0.2, 0) is 9.53 Å². The quantitative estimate of drug-likeness (QED) is 0.854. The summed E-state index contributed by atoms with van der Waals surface area (Å²) in [5.41, 5.74) is 1.48. The van der Waals surface area contributed by atoms with Gasteiger partial charge in [-0.2, -0.15) is 0 Å². The van der Waals surface area contributed by atoms with E-state index in [1.54, 1.807) is 0 Å². The normalized spacial score (nSPS) is 49.5. The number of nitrogens with zero attached hydrogens (tertiary/aromatic N) is 1. The first kappa shape index (κ1) is 12.2. The number of rotatable bonds is 1. The Morgan fingerprint density at radius 1 is 1.38 bits per heavy atom. The summed E-state index contributed by atoms with van der Waals surface area (Å²) in [6.07, 6.45) is 0.410. The van der Waals surface area contributed by atoms with Crippen LogP contribution >= 0.6 is 0 Å². The summed E-state index contributed by atoms with van der Waals surface area (Å²) in [6, 6.07) is 8.04. The second-order valence-electron chi connectivity index (χ2n) is 7.26. The number of aliphatic hydroxyl groups is 1. The highest BCUT2D eigenvalue weighted by atomic mass is 16.6. The van der Waals surface area contributed by atoms with Gasteiger partial charge in [0.1, 0.15) is 5.72 Å². The van der Waals surface area contributed by atoms with E-state index in [4.69, 9.17) is 4.74 Å². The maximum Gasteiger partial charge on any atom is 0.233 e. The minimum Gasteiger partial charge on any atom is -0.390 e. The van der Waals surface area contributed by atoms with Crippen LogP contribution in [0.4, 0.5) is 5.69 Å². The number of anilines is 1. The van der Waals surface area contributed by atoms with E-state index in [1.807, 2.05) is 43.0 Å². The van der Waals surface area contributed by atoms with E-state index in [-0.39, 0.29) is 29.8 Å². The van der Waals surface area contributed by atoms with Crippen molar-refractivity contribution in [2.24, 2.45) is 23.7 Å². The number of carbonyl (C=O) groups is 1. The van der Waals surface area contributed by atoms with Crippen LogP contribution in [0.5, 0.6) is 0 Å². The van der Waals surface area contributed by atoms with Gasteiger partial charge in [-0.3, -0.25) is 9.69 Å². The van der Waals surface area contributed by atoms with Crippen molar-refractivity contribution in [3.05, 3.63) is 29.8 Å². The average Bonchev–Trinajstić information content (AvgIpc) is 3.07. The zero-order chi connectivity index (χ0) is 14.5. The molecule has 4 nitrogen and oxygen atoms in total. The van der Waals surface area contributed by atoms with Crippen LogP contribution in [0.25, 0.3) is 0 Å². The van der Waals surface area contributed by atoms with Crippen LogP contribution in [0.2, 0.25) is 0 Å². The summed E-state index contributed by atoms with van der Waals surface area (Å²) in [7, 11) is 0. The van der Waals surface area contributed by atoms with E-state index in [1.165, 1.54) is 0 Å². The molecule has 2 aliphatic heterocycles. The Bertz CT molecular complexity index is 659. The lowest BCUT2D eigenvalue weighted by Crippen LogP contribution is -2.49. The van der Waals surface area contributed by atoms with Gasteiger partial charge in [-0.25, -0.2) is 0 Å². The molecule has 5 rings (SSSR count). The SMILES string of the molecule is Cc1cccc(N2C(=O)[C@@H]3[C@H]4C[C@H]5[C@H](O[C@]2(C)[C@H]53)[C@@H]4O)c1. The average molecular weight is 285 g/mol. The van der Waals surface area contributed by atoms with Crippen LogP contribution in [0, 0.1) is 30.6 Å². The number of fused-ring (bicyclic) bond motifs is 2. The number of hydrogen-bond donors (Lipinski definition) is 1. The molecular formula is C17H19NO3. The van der Waals surface area contributed by atoms with Gasteiger partial charge in [0.15, 0.2) is 0 Å². The van der Waals surface area contributed by atoms with Crippen molar-refractivity contribution >= 4 is 11.6 Å². The number of hydrogen-bond acceptors (Lipinski definition) is 3. The molecule has 1 N–H and O–H groups in total. The van der Waals surface area contributed by atoms with Crippen LogP contribution in [-0.4, -0.2) is 28.9 Å². The van der Waals surface area contributed by atoms with E-state index >= 15 is 0 Å². The van der Waals surface area contributed by atoms with Crippen LogP contribution < -0.4 is 4.90 Å². The number of carbonyl (C=O) groups excluding carboxylic acids is 1. The molecule has 110 valence electrons. The molecule has 4 heteroatoms. The van der Waals surface area contributed by atoms with Crippen LogP contribution in [0.1, 0.15) is 18.9 Å². The lowest BCUT2D eigenvalue weighted by atomic mass is 9.77. The second-order valence-corrected chi connectivity index (χ2v) is 7.26. The summed E-state index contributed by atoms with van der Waals surface area (Å²) < 4.78 is 6.26. The first-order chi connectivity index (χ1) is 10.0. The van der Waals surface area contributed by atoms with E-state index in [9.17, 15) is 9.90 Å². The van der Waals surface area contributed by atoms with Gasteiger partial charge in [-0.05, 0) is 49.8 Å². The number of amides is 1. The third kappa shape index (κ3) is 1.19. The molecular weight excluding hydrogens is 266 g/mol. The fourth-order valence-corrected chi connectivity index (χ4v) is 5.63. The third-order valence-electron chi connectivity index (χ3n) is 6.25. The van der Waals surface area contributed by atoms with Crippen molar-refractivity contribution in [1.82, 2.24) is 0 Å². The second kappa shape index (κ2) is 3.50. The predicted octanol–water partition coefficient (Wildman–Crippen LogP) is 1.70. The lowest BCUT2D eigenvalue weighted by Gasteiger charge is -2.36. The summed E-state index contributed by atoms with van der Waals surface area (Å²) in [5.74, 6) is 0.754. The Morgan fingerprint density at radius 3 is 2.95 bits per heavy atom. The molecule has 0 spiro atoms. The minimum absolute atomic E-state index is 0.0609. The highest BCUT2D eigenvalue weighted by molar-refractivity contribution is 6.00. The van der Waals surface area contributed by atoms with Crippen LogP contribution in [0.3, 0.4) is 0 Å². The monoisotopic (exact) mass is 285 g/mol. The van der Waals surface area contributed by atoms with Crippen molar-refractivity contribution in [3.63, 3.8) is 0 Å². The smallest absolute Gasteiger partial charge is 0.233 e. The Labute approximate surface area is 123 Å². The summed E-state index contributed by atoms with van der Waals surface area (Å²) in [6.45, 7) is 4.07. The molecule has 2 aliphatic carbocycles. The zero-order valence-corrected chi connectivity index (χ0v) is 12.2. The molecule has 0 unspecified atom stereocenters. The van der Waals surface area contributed by atoms with Gasteiger partial charge in [0.25, 0.3) is 0 Å². The van der Waals surface area contributed by atoms with Gasteiger partial charge in [0.2, 0.25) is 5.91 Å². The maximum atomic E-state index is 13.0. The largest absolute Gasteiger partial charge is 0.390 e. The van der Waals surface area contributed by atoms with Crippen LogP contribution in [0.15, 0.2) is 24.3 Å². The molecule has 2 saturated carbocycles. The van der Waals surface area contributed by atoms with Crippen molar-refractivity contribution in [2.45, 2.75) is 38.2 Å². The van der Waals surface area contributed by atoms with Crippen molar-refractivity contribution in [3.8, 4) is 0 Å². The van der Waals surface area contributed by atoms with Gasteiger partial charge in [0, 0.05) is 11.6 Å². The van der Waals surface area contributed by atoms with Crippen molar-refractivity contribution in [2.75, 3.05) is 4.90 Å². The number of ether oxygens (including phenoxy) is 1. The van der Waals surface area contributed by atoms with E-state index in [0.717, 1.165) is 17.7 Å². The molecule has 21 heavy (non-hydrogen) atoms. The summed E-state index contributed by atoms with van der Waals surface area (Å²) in [4.78, 5) is 14.9. The molecule has 1 amide bonds. The van der Waals surface area contributed by atoms with Gasteiger partial charge >= 0.3 is 0 Å². The standard InChI is InChI=1S/C17H19NO3/c1-8-4-3-5-9(6-8)18-16(20)12-10-7-11-13(12)17(18,2)21-15(11)14(10)19/h3-6,10-15,19H,7H2,1-2H3/t10-,11-,12-,13-,14-,15+,17-/m1/s1. The molecule has 7 atom stereocenters. The predicted molar refractivity (Wildman–Crippen MR) is 76.5 cm³/mol. The molecule has 4 fully saturated rings. The topological polar surface area (TPSA) is 49.8 Å². The molecule has 4 aliphatic rings. The number of aliphatic hydroxyl groups excluding tert-OH is 1. The summed E-state index contributed by atoms with van der Waals surface area (Å²) >= 11 is 0. The summed E-state index contributed by atoms with van der Waals surface area (Å²) in [5, 5.41) is 10.4. The van der Waals surface area contributed by atoms with Gasteiger partial charge in [-0.15, -0.1) is 0 Å². The Kier molecular flexibility index (Phi) is 2.03. The number of aryl methyl sites for hydroxylation is 1. The van der Waals surface area contributed by atoms with Crippen molar-refractivity contribution in [1.29, 1.82) is 0 Å². The van der Waals surface area contributed by atoms with Crippen molar-refractivity contribution < 1.29 is 14.6 Å². The lowest BCUT2D eigenvalue weighted by molar-refractivity contribution is -0.131. The highest BCUT2D eigenvalue weighted by Gasteiger charge is 2.77. The van der Waals surface area contributed by atoms with Gasteiger partial charge < -0.3 is 9.84 Å². The first-order valence-electron chi connectivity index (χ1n) is 7.79. The maximum absolute atomic E-state index is 13.0. The van der Waals surface area contributed by atoms with Gasteiger partial charge in [-0.1, -0.05) is 12.1 Å². The molecule has 0 aromatic heterocycles. The molecule has 2 bridgehead atoms. The minimum atomic E-state index is -0.586. The zero-order valence-electron chi connectivity index (χ0n) is 12.2. The molecule has 1 aromatic carbocycles. The van der Waals surface area contributed by atoms with Gasteiger partial charge in [0.05, 0.1) is 18.1 Å². The van der Waals surface area contributed by atoms with E-state index < -0.39 is 11.8 Å². The first-order valence-corrected chi connectivity index (χ1v) is 7.79. The fraction of sp³-hybridized carbons (Fsp3) is 0.588. The van der Waals surface area contributed by atoms with E-state index in [2.05, 4.69) is 0 Å².